The molecule has 130 valence electrons. The molecule has 3 nitrogen and oxygen atoms in total. The molecular weight excluding hydrogens is 300 g/mol. The molecule has 0 heterocycles. The molecule has 0 amide bonds. The summed E-state index contributed by atoms with van der Waals surface area (Å²) in [5.41, 5.74) is 2.33. The summed E-state index contributed by atoms with van der Waals surface area (Å²) < 4.78 is 11.2. The Kier molecular flexibility index (Phi) is 5.89. The maximum absolute atomic E-state index is 9.29. The van der Waals surface area contributed by atoms with Gasteiger partial charge in [-0.15, -0.1) is 0 Å². The fourth-order valence-corrected chi connectivity index (χ4v) is 2.57. The predicted octanol–water partition coefficient (Wildman–Crippen LogP) is 4.56. The standard InChI is InChI=1S/C21H28O3/c1-15(2)24-20-12-8-18(9-13-20)21(4,5)17-6-10-19(11-7-17)23-14-16(3)22/h6-13,15-16,22H,14H2,1-5H3. The van der Waals surface area contributed by atoms with E-state index in [1.807, 2.05) is 38.1 Å². The lowest BCUT2D eigenvalue weighted by molar-refractivity contribution is 0.122. The van der Waals surface area contributed by atoms with Crippen LogP contribution in [-0.2, 0) is 5.41 Å². The largest absolute Gasteiger partial charge is 0.491 e. The van der Waals surface area contributed by atoms with Crippen LogP contribution in [0.25, 0.3) is 0 Å². The van der Waals surface area contributed by atoms with Crippen LogP contribution in [0.15, 0.2) is 48.5 Å². The molecule has 0 aromatic heterocycles. The molecule has 1 unspecified atom stereocenters. The maximum atomic E-state index is 9.29. The molecule has 0 aliphatic heterocycles. The van der Waals surface area contributed by atoms with Gasteiger partial charge < -0.3 is 14.6 Å². The Morgan fingerprint density at radius 3 is 1.71 bits per heavy atom. The number of hydrogen-bond donors (Lipinski definition) is 1. The Morgan fingerprint density at radius 2 is 1.29 bits per heavy atom. The maximum Gasteiger partial charge on any atom is 0.119 e. The Labute approximate surface area is 145 Å². The summed E-state index contributed by atoms with van der Waals surface area (Å²) in [5, 5.41) is 9.29. The van der Waals surface area contributed by atoms with Crippen molar-refractivity contribution in [2.24, 2.45) is 0 Å². The van der Waals surface area contributed by atoms with Crippen LogP contribution in [0.4, 0.5) is 0 Å². The van der Waals surface area contributed by atoms with E-state index in [1.165, 1.54) is 11.1 Å². The Hall–Kier alpha value is -2.00. The SMILES string of the molecule is CC(O)COc1ccc(C(C)(C)c2ccc(OC(C)C)cc2)cc1. The average molecular weight is 328 g/mol. The van der Waals surface area contributed by atoms with Crippen LogP contribution < -0.4 is 9.47 Å². The molecule has 24 heavy (non-hydrogen) atoms. The molecule has 2 aromatic carbocycles. The lowest BCUT2D eigenvalue weighted by atomic mass is 9.78. The second-order valence-corrected chi connectivity index (χ2v) is 7.00. The van der Waals surface area contributed by atoms with Gasteiger partial charge in [0.05, 0.1) is 12.2 Å². The zero-order valence-corrected chi connectivity index (χ0v) is 15.2. The highest BCUT2D eigenvalue weighted by Crippen LogP contribution is 2.33. The summed E-state index contributed by atoms with van der Waals surface area (Å²) in [5.74, 6) is 1.67. The third kappa shape index (κ3) is 4.75. The molecular formula is C21H28O3. The Morgan fingerprint density at radius 1 is 0.833 bits per heavy atom. The van der Waals surface area contributed by atoms with Crippen molar-refractivity contribution in [2.75, 3.05) is 6.61 Å². The molecule has 1 atom stereocenters. The fraction of sp³-hybridized carbons (Fsp3) is 0.429. The second-order valence-electron chi connectivity index (χ2n) is 7.00. The highest BCUT2D eigenvalue weighted by molar-refractivity contribution is 5.41. The van der Waals surface area contributed by atoms with E-state index >= 15 is 0 Å². The van der Waals surface area contributed by atoms with Crippen LogP contribution in [-0.4, -0.2) is 23.9 Å². The van der Waals surface area contributed by atoms with Crippen LogP contribution in [0.1, 0.15) is 45.7 Å². The molecule has 2 rings (SSSR count). The molecule has 0 aliphatic carbocycles. The molecule has 2 aromatic rings. The smallest absolute Gasteiger partial charge is 0.119 e. The van der Waals surface area contributed by atoms with E-state index < -0.39 is 6.10 Å². The molecule has 3 heteroatoms. The van der Waals surface area contributed by atoms with Gasteiger partial charge >= 0.3 is 0 Å². The summed E-state index contributed by atoms with van der Waals surface area (Å²) in [6.45, 7) is 10.5. The number of rotatable bonds is 7. The van der Waals surface area contributed by atoms with E-state index in [4.69, 9.17) is 9.47 Å². The minimum atomic E-state index is -0.465. The Balaban J connectivity index is 2.14. The number of aliphatic hydroxyl groups is 1. The van der Waals surface area contributed by atoms with E-state index in [-0.39, 0.29) is 11.5 Å². The first-order chi connectivity index (χ1) is 11.3. The van der Waals surface area contributed by atoms with Crippen molar-refractivity contribution in [2.45, 2.75) is 52.2 Å². The first kappa shape index (κ1) is 18.3. The highest BCUT2D eigenvalue weighted by Gasteiger charge is 2.23. The van der Waals surface area contributed by atoms with E-state index in [9.17, 15) is 5.11 Å². The van der Waals surface area contributed by atoms with E-state index in [0.29, 0.717) is 6.61 Å². The van der Waals surface area contributed by atoms with Crippen LogP contribution in [0.2, 0.25) is 0 Å². The highest BCUT2D eigenvalue weighted by atomic mass is 16.5. The summed E-state index contributed by atoms with van der Waals surface area (Å²) in [4.78, 5) is 0. The molecule has 0 fully saturated rings. The van der Waals surface area contributed by atoms with Gasteiger partial charge in [-0.2, -0.15) is 0 Å². The first-order valence-electron chi connectivity index (χ1n) is 8.47. The molecule has 1 N–H and O–H groups in total. The summed E-state index contributed by atoms with van der Waals surface area (Å²) in [6, 6.07) is 16.4. The molecule has 0 saturated carbocycles. The normalized spacial score (nSPS) is 13.0. The number of aliphatic hydroxyl groups excluding tert-OH is 1. The van der Waals surface area contributed by atoms with E-state index in [1.54, 1.807) is 6.92 Å². The van der Waals surface area contributed by atoms with Crippen molar-refractivity contribution < 1.29 is 14.6 Å². The Bertz CT molecular complexity index is 625. The van der Waals surface area contributed by atoms with Crippen molar-refractivity contribution in [1.29, 1.82) is 0 Å². The van der Waals surface area contributed by atoms with Crippen LogP contribution >= 0.6 is 0 Å². The van der Waals surface area contributed by atoms with Gasteiger partial charge in [-0.3, -0.25) is 0 Å². The monoisotopic (exact) mass is 328 g/mol. The summed E-state index contributed by atoms with van der Waals surface area (Å²) in [6.07, 6.45) is -0.286. The predicted molar refractivity (Wildman–Crippen MR) is 98.0 cm³/mol. The van der Waals surface area contributed by atoms with Gasteiger partial charge in [0.2, 0.25) is 0 Å². The van der Waals surface area contributed by atoms with Gasteiger partial charge in [-0.05, 0) is 56.2 Å². The van der Waals surface area contributed by atoms with E-state index in [2.05, 4.69) is 38.1 Å². The third-order valence-corrected chi connectivity index (χ3v) is 4.01. The quantitative estimate of drug-likeness (QED) is 0.810. The lowest BCUT2D eigenvalue weighted by Gasteiger charge is -2.26. The average Bonchev–Trinajstić information content (AvgIpc) is 2.53. The van der Waals surface area contributed by atoms with Gasteiger partial charge in [-0.1, -0.05) is 38.1 Å². The van der Waals surface area contributed by atoms with Gasteiger partial charge in [0.1, 0.15) is 18.1 Å². The number of ether oxygens (including phenoxy) is 2. The molecule has 0 aliphatic rings. The lowest BCUT2D eigenvalue weighted by Crippen LogP contribution is -2.19. The topological polar surface area (TPSA) is 38.7 Å². The zero-order chi connectivity index (χ0) is 17.7. The van der Waals surface area contributed by atoms with Crippen LogP contribution in [0.5, 0.6) is 11.5 Å². The van der Waals surface area contributed by atoms with Gasteiger partial charge in [0, 0.05) is 5.41 Å². The fourth-order valence-electron chi connectivity index (χ4n) is 2.57. The van der Waals surface area contributed by atoms with Crippen molar-refractivity contribution in [1.82, 2.24) is 0 Å². The zero-order valence-electron chi connectivity index (χ0n) is 15.2. The number of hydrogen-bond acceptors (Lipinski definition) is 3. The van der Waals surface area contributed by atoms with Gasteiger partial charge in [-0.25, -0.2) is 0 Å². The van der Waals surface area contributed by atoms with E-state index in [0.717, 1.165) is 11.5 Å². The van der Waals surface area contributed by atoms with Crippen molar-refractivity contribution in [3.8, 4) is 11.5 Å². The second kappa shape index (κ2) is 7.71. The molecule has 0 spiro atoms. The minimum absolute atomic E-state index is 0.112. The minimum Gasteiger partial charge on any atom is -0.491 e. The van der Waals surface area contributed by atoms with Crippen LogP contribution in [0, 0.1) is 0 Å². The third-order valence-electron chi connectivity index (χ3n) is 4.01. The summed E-state index contributed by atoms with van der Waals surface area (Å²) >= 11 is 0. The van der Waals surface area contributed by atoms with Gasteiger partial charge in [0.25, 0.3) is 0 Å². The summed E-state index contributed by atoms with van der Waals surface area (Å²) in [7, 11) is 0. The molecule has 0 radical (unpaired) electrons. The number of benzene rings is 2. The van der Waals surface area contributed by atoms with Crippen LogP contribution in [0.3, 0.4) is 0 Å². The first-order valence-corrected chi connectivity index (χ1v) is 8.47. The molecule has 0 bridgehead atoms. The molecule has 0 saturated heterocycles. The van der Waals surface area contributed by atoms with Crippen molar-refractivity contribution in [3.05, 3.63) is 59.7 Å². The van der Waals surface area contributed by atoms with Gasteiger partial charge in [0.15, 0.2) is 0 Å². The van der Waals surface area contributed by atoms with Crippen molar-refractivity contribution in [3.63, 3.8) is 0 Å². The van der Waals surface area contributed by atoms with Crippen molar-refractivity contribution >= 4 is 0 Å².